The summed E-state index contributed by atoms with van der Waals surface area (Å²) in [5, 5.41) is 4.11. The average Bonchev–Trinajstić information content (AvgIpc) is 2.74. The number of rotatable bonds is 0. The lowest BCUT2D eigenvalue weighted by Crippen LogP contribution is -2.12. The van der Waals surface area contributed by atoms with Gasteiger partial charge in [-0.25, -0.2) is 4.98 Å². The molecule has 1 nitrogen and oxygen atoms in total. The average molecular weight is 338 g/mol. The second-order valence-electron chi connectivity index (χ2n) is 7.71. The summed E-state index contributed by atoms with van der Waals surface area (Å²) in [6.07, 6.45) is 0. The van der Waals surface area contributed by atoms with Gasteiger partial charge in [0.25, 0.3) is 0 Å². The molecule has 3 heteroatoms. The lowest BCUT2D eigenvalue weighted by atomic mass is 9.84. The zero-order valence-corrected chi connectivity index (χ0v) is 16.6. The van der Waals surface area contributed by atoms with Crippen LogP contribution in [0, 0.1) is 13.8 Å². The predicted octanol–water partition coefficient (Wildman–Crippen LogP) is 6.69. The summed E-state index contributed by atoms with van der Waals surface area (Å²) in [5.74, 6) is 0. The minimum absolute atomic E-state index is 0.213. The van der Waals surface area contributed by atoms with Crippen molar-refractivity contribution in [1.82, 2.24) is 4.98 Å². The first-order chi connectivity index (χ1) is 9.91. The van der Waals surface area contributed by atoms with E-state index in [1.807, 2.05) is 19.1 Å². The largest absolute Gasteiger partial charge is 0.246 e. The van der Waals surface area contributed by atoms with Crippen molar-refractivity contribution in [1.29, 1.82) is 0 Å². The Bertz CT molecular complexity index is 615. The van der Waals surface area contributed by atoms with E-state index in [4.69, 9.17) is 11.6 Å². The molecule has 0 aliphatic rings. The summed E-state index contributed by atoms with van der Waals surface area (Å²) < 4.78 is 0. The molecule has 0 N–H and O–H groups in total. The maximum Gasteiger partial charge on any atom is 0.0897 e. The molecule has 0 saturated carbocycles. The van der Waals surface area contributed by atoms with Gasteiger partial charge in [-0.2, -0.15) is 0 Å². The van der Waals surface area contributed by atoms with Crippen molar-refractivity contribution in [2.45, 2.75) is 66.2 Å². The Labute approximate surface area is 144 Å². The molecule has 122 valence electrons. The first-order valence-corrected chi connectivity index (χ1v) is 8.86. The van der Waals surface area contributed by atoms with Crippen LogP contribution < -0.4 is 0 Å². The Balaban J connectivity index is 0.000000224. The highest BCUT2D eigenvalue weighted by atomic mass is 35.5. The molecule has 1 aromatic carbocycles. The molecule has 0 aliphatic carbocycles. The van der Waals surface area contributed by atoms with Crippen molar-refractivity contribution in [3.63, 3.8) is 0 Å². The SMILES string of the molecule is Cc1cc(Cl)ccc1C(C)(C)C.Cc1nc(C(C)(C)C)cs1. The lowest BCUT2D eigenvalue weighted by molar-refractivity contribution is 0.572. The molecule has 0 radical (unpaired) electrons. The first kappa shape index (κ1) is 19.2. The predicted molar refractivity (Wildman–Crippen MR) is 100 cm³/mol. The van der Waals surface area contributed by atoms with E-state index in [9.17, 15) is 0 Å². The molecule has 0 unspecified atom stereocenters. The van der Waals surface area contributed by atoms with Crippen LogP contribution in [-0.2, 0) is 10.8 Å². The van der Waals surface area contributed by atoms with Gasteiger partial charge in [0.05, 0.1) is 10.7 Å². The minimum atomic E-state index is 0.213. The molecule has 0 atom stereocenters. The van der Waals surface area contributed by atoms with Gasteiger partial charge in [0.2, 0.25) is 0 Å². The second kappa shape index (κ2) is 7.14. The van der Waals surface area contributed by atoms with Crippen molar-refractivity contribution in [2.24, 2.45) is 0 Å². The third-order valence-corrected chi connectivity index (χ3v) is 4.39. The summed E-state index contributed by atoms with van der Waals surface area (Å²) in [7, 11) is 0. The van der Waals surface area contributed by atoms with Gasteiger partial charge in [-0.05, 0) is 42.5 Å². The maximum atomic E-state index is 5.87. The summed E-state index contributed by atoms with van der Waals surface area (Å²) in [6, 6.07) is 6.08. The van der Waals surface area contributed by atoms with Gasteiger partial charge in [0, 0.05) is 15.8 Å². The Kier molecular flexibility index (Phi) is 6.23. The number of thiazole rings is 1. The van der Waals surface area contributed by atoms with Crippen molar-refractivity contribution in [3.8, 4) is 0 Å². The molecule has 1 aromatic heterocycles. The lowest BCUT2D eigenvalue weighted by Gasteiger charge is -2.21. The topological polar surface area (TPSA) is 12.9 Å². The normalized spacial score (nSPS) is 11.9. The van der Waals surface area contributed by atoms with E-state index >= 15 is 0 Å². The van der Waals surface area contributed by atoms with Gasteiger partial charge in [0.15, 0.2) is 0 Å². The van der Waals surface area contributed by atoms with Crippen LogP contribution in [0.15, 0.2) is 23.6 Å². The smallest absolute Gasteiger partial charge is 0.0897 e. The van der Waals surface area contributed by atoms with Gasteiger partial charge >= 0.3 is 0 Å². The van der Waals surface area contributed by atoms with Crippen LogP contribution in [0.25, 0.3) is 0 Å². The number of hydrogen-bond acceptors (Lipinski definition) is 2. The highest BCUT2D eigenvalue weighted by Gasteiger charge is 2.16. The van der Waals surface area contributed by atoms with Crippen LogP contribution >= 0.6 is 22.9 Å². The van der Waals surface area contributed by atoms with Crippen molar-refractivity contribution < 1.29 is 0 Å². The van der Waals surface area contributed by atoms with Gasteiger partial charge < -0.3 is 0 Å². The molecule has 0 saturated heterocycles. The van der Waals surface area contributed by atoms with Crippen LogP contribution in [0.2, 0.25) is 5.02 Å². The van der Waals surface area contributed by atoms with Crippen LogP contribution in [0.4, 0.5) is 0 Å². The summed E-state index contributed by atoms with van der Waals surface area (Å²) in [6.45, 7) is 17.3. The highest BCUT2D eigenvalue weighted by molar-refractivity contribution is 7.09. The second-order valence-corrected chi connectivity index (χ2v) is 9.21. The summed E-state index contributed by atoms with van der Waals surface area (Å²) in [4.78, 5) is 4.40. The van der Waals surface area contributed by atoms with E-state index in [1.165, 1.54) is 16.8 Å². The number of halogens is 1. The highest BCUT2D eigenvalue weighted by Crippen LogP contribution is 2.27. The van der Waals surface area contributed by atoms with E-state index in [2.05, 4.69) is 64.9 Å². The van der Waals surface area contributed by atoms with Gasteiger partial charge in [-0.15, -0.1) is 11.3 Å². The fraction of sp³-hybridized carbons (Fsp3) is 0.526. The molecular formula is C19H28ClNS. The Hall–Kier alpha value is -0.860. The zero-order valence-electron chi connectivity index (χ0n) is 15.0. The van der Waals surface area contributed by atoms with Crippen LogP contribution in [-0.4, -0.2) is 4.98 Å². The quantitative estimate of drug-likeness (QED) is 0.521. The standard InChI is InChI=1S/C11H15Cl.C8H13NS/c1-8-7-9(12)5-6-10(8)11(2,3)4;1-6-9-7(5-10-6)8(2,3)4/h5-7H,1-4H3;5H,1-4H3. The molecule has 0 amide bonds. The molecule has 0 bridgehead atoms. The fourth-order valence-electron chi connectivity index (χ4n) is 2.18. The van der Waals surface area contributed by atoms with Crippen molar-refractivity contribution in [3.05, 3.63) is 50.4 Å². The third kappa shape index (κ3) is 5.73. The minimum Gasteiger partial charge on any atom is -0.246 e. The fourth-order valence-corrected chi connectivity index (χ4v) is 3.24. The molecule has 22 heavy (non-hydrogen) atoms. The molecule has 2 rings (SSSR count). The van der Waals surface area contributed by atoms with E-state index in [-0.39, 0.29) is 10.8 Å². The van der Waals surface area contributed by atoms with Crippen LogP contribution in [0.5, 0.6) is 0 Å². The summed E-state index contributed by atoms with van der Waals surface area (Å²) in [5.41, 5.74) is 4.27. The molecule has 1 heterocycles. The van der Waals surface area contributed by atoms with E-state index in [0.717, 1.165) is 10.0 Å². The van der Waals surface area contributed by atoms with Gasteiger partial charge in [-0.1, -0.05) is 59.2 Å². The van der Waals surface area contributed by atoms with Gasteiger partial charge in [0.1, 0.15) is 0 Å². The monoisotopic (exact) mass is 337 g/mol. The van der Waals surface area contributed by atoms with E-state index < -0.39 is 0 Å². The number of nitrogens with zero attached hydrogens (tertiary/aromatic N) is 1. The molecule has 0 aliphatic heterocycles. The first-order valence-electron chi connectivity index (χ1n) is 7.60. The Morgan fingerprint density at radius 3 is 1.86 bits per heavy atom. The number of hydrogen-bond donors (Lipinski definition) is 0. The van der Waals surface area contributed by atoms with Crippen LogP contribution in [0.3, 0.4) is 0 Å². The Morgan fingerprint density at radius 2 is 1.55 bits per heavy atom. The molecular weight excluding hydrogens is 310 g/mol. The maximum absolute atomic E-state index is 5.87. The number of benzene rings is 1. The summed E-state index contributed by atoms with van der Waals surface area (Å²) >= 11 is 7.59. The van der Waals surface area contributed by atoms with E-state index in [0.29, 0.717) is 0 Å². The Morgan fingerprint density at radius 1 is 0.955 bits per heavy atom. The van der Waals surface area contributed by atoms with Crippen LogP contribution in [0.1, 0.15) is 63.4 Å². The zero-order chi connectivity index (χ0) is 17.1. The number of aromatic nitrogens is 1. The van der Waals surface area contributed by atoms with E-state index in [1.54, 1.807) is 11.3 Å². The van der Waals surface area contributed by atoms with Gasteiger partial charge in [-0.3, -0.25) is 0 Å². The van der Waals surface area contributed by atoms with Crippen molar-refractivity contribution >= 4 is 22.9 Å². The molecule has 2 aromatic rings. The molecule has 0 fully saturated rings. The third-order valence-electron chi connectivity index (χ3n) is 3.38. The molecule has 0 spiro atoms. The van der Waals surface area contributed by atoms with Crippen molar-refractivity contribution in [2.75, 3.05) is 0 Å². The number of aryl methyl sites for hydroxylation is 2.